The Morgan fingerprint density at radius 2 is 1.09 bits per heavy atom. The molecule has 11 rings (SSSR count). The van der Waals surface area contributed by atoms with E-state index < -0.39 is 41.5 Å². The van der Waals surface area contributed by atoms with Gasteiger partial charge in [0.1, 0.15) is 31.3 Å². The molecule has 0 bridgehead atoms. The molecule has 8 aliphatic rings. The number of carboxylic acid groups (broad SMARTS) is 1. The molecule has 122 heavy (non-hydrogen) atoms. The standard InChI is InChI=1S/C88H131F3N14O17/c1-56(2)102(3)63-22-36-75(105-42-37-73(86(105)114)100-83-70-49-60(88(89,90)91)17-35-72(70)96-55-97-83)74(50-63)101-84(112)57-13-18-61(19-14-57)98-76(106)10-6-43-117-64-23-29-67(30-24-64)120-46-39-93-78(108)53-104(54-79(109)94-40-47-121-68-31-25-65(26-32-68)118-44-7-11-77(107)99-62-20-15-58(16-21-62)87(115)116)80(110)12-8-45-119-66-27-33-69(34-28-66)122-48-41-95-85(113)71-51-81(111)103(4)82(71)59-9-5-38-92-52-59/h5,9,17,35,38,49,52,55-58,61-69,71,73-75,82H,6-8,10-16,18-34,36-37,39-48,50-51,53-54H2,1-4H3,(H,93,108)(H,94,109)(H,95,113)(H,98,106)(H,99,107)(H,101,112)(H,115,116)(H,96,97,100)/t57?,58?,61?,62?,63-,64?,65?,66?,67?,68?,69?,71+,73+,74-,75+,82-/m1/s1. The van der Waals surface area contributed by atoms with Crippen molar-refractivity contribution in [2.45, 2.75) is 304 Å². The van der Waals surface area contributed by atoms with E-state index in [2.05, 4.69) is 78.0 Å². The number of hydrogen-bond donors (Lipinski definition) is 8. The molecule has 0 spiro atoms. The molecule has 34 heteroatoms. The van der Waals surface area contributed by atoms with Gasteiger partial charge in [-0.15, -0.1) is 0 Å². The number of anilines is 1. The van der Waals surface area contributed by atoms with Crippen LogP contribution in [0.3, 0.4) is 0 Å². The Labute approximate surface area is 714 Å². The maximum absolute atomic E-state index is 14.2. The van der Waals surface area contributed by atoms with Crippen LogP contribution in [0.4, 0.5) is 19.0 Å². The predicted molar refractivity (Wildman–Crippen MR) is 445 cm³/mol. The van der Waals surface area contributed by atoms with Crippen molar-refractivity contribution in [3.05, 3.63) is 60.2 Å². The van der Waals surface area contributed by atoms with Crippen molar-refractivity contribution in [1.82, 2.24) is 66.5 Å². The number of carboxylic acids is 1. The molecular formula is C88H131F3N14O17. The molecule has 6 atom stereocenters. The number of ether oxygens (including phenoxy) is 6. The lowest BCUT2D eigenvalue weighted by Gasteiger charge is -2.45. The molecule has 31 nitrogen and oxygen atoms in total. The van der Waals surface area contributed by atoms with Gasteiger partial charge >= 0.3 is 12.1 Å². The zero-order valence-electron chi connectivity index (χ0n) is 71.6. The second-order valence-corrected chi connectivity index (χ2v) is 35.0. The summed E-state index contributed by atoms with van der Waals surface area (Å²) in [7, 11) is 3.79. The Balaban J connectivity index is 0.547. The lowest BCUT2D eigenvalue weighted by atomic mass is 9.82. The SMILES string of the molecule is CC(C)N(C)[C@@H]1CC[C@H](N2CC[C@H](Nc3ncnc4ccc(C(F)(F)F)cc34)C2=O)[C@H](NC(=O)C2CCC(NC(=O)CCCOC3CCC(OCCNC(=O)CN(CC(=O)NCCOC4CCC(OCCCC(=O)NC5CCC(C(=O)O)CC5)CC4)C(=O)CCCOC4CCC(OCCNC(=O)[C@H]5CC(=O)N(C)[C@@H]5c5cccnc5)CC4)CC3)CC2)C1. The Kier molecular flexibility index (Phi) is 36.5. The molecule has 2 aromatic heterocycles. The minimum atomic E-state index is -4.57. The molecular weight excluding hydrogens is 1580 g/mol. The summed E-state index contributed by atoms with van der Waals surface area (Å²) < 4.78 is 78.2. The maximum Gasteiger partial charge on any atom is 0.416 e. The largest absolute Gasteiger partial charge is 0.481 e. The van der Waals surface area contributed by atoms with Crippen molar-refractivity contribution < 1.29 is 94.6 Å². The van der Waals surface area contributed by atoms with Gasteiger partial charge in [0, 0.05) is 127 Å². The zero-order chi connectivity index (χ0) is 86.7. The number of benzene rings is 1. The third-order valence-corrected chi connectivity index (χ3v) is 26.2. The molecule has 1 aromatic carbocycles. The van der Waals surface area contributed by atoms with Crippen molar-refractivity contribution in [2.75, 3.05) is 98.3 Å². The summed E-state index contributed by atoms with van der Waals surface area (Å²) >= 11 is 0. The number of hydrogen-bond acceptors (Lipinski definition) is 21. The maximum atomic E-state index is 14.2. The normalized spacial score (nSPS) is 27.2. The second-order valence-electron chi connectivity index (χ2n) is 35.0. The number of nitrogens with zero attached hydrogens (tertiary/aromatic N) is 7. The highest BCUT2D eigenvalue weighted by atomic mass is 19.4. The molecule has 2 saturated heterocycles. The fourth-order valence-electron chi connectivity index (χ4n) is 18.9. The second kappa shape index (κ2) is 47.2. The van der Waals surface area contributed by atoms with Crippen LogP contribution in [0.1, 0.15) is 230 Å². The van der Waals surface area contributed by atoms with Gasteiger partial charge in [0.2, 0.25) is 53.2 Å². The van der Waals surface area contributed by atoms with Crippen LogP contribution in [0, 0.1) is 17.8 Å². The van der Waals surface area contributed by atoms with E-state index in [0.29, 0.717) is 148 Å². The van der Waals surface area contributed by atoms with Crippen LogP contribution >= 0.6 is 0 Å². The number of fused-ring (bicyclic) bond motifs is 1. The van der Waals surface area contributed by atoms with E-state index >= 15 is 0 Å². The number of pyridine rings is 1. The van der Waals surface area contributed by atoms with Gasteiger partial charge in [-0.25, -0.2) is 9.97 Å². The first-order valence-corrected chi connectivity index (χ1v) is 45.0. The number of nitrogens with one attached hydrogen (secondary N) is 7. The van der Waals surface area contributed by atoms with Gasteiger partial charge < -0.3 is 90.3 Å². The predicted octanol–water partition coefficient (Wildman–Crippen LogP) is 8.01. The molecule has 6 aliphatic carbocycles. The molecule has 8 fully saturated rings. The van der Waals surface area contributed by atoms with Crippen LogP contribution in [-0.2, 0) is 82.5 Å². The number of aromatic nitrogens is 3. The Bertz CT molecular complexity index is 3890. The highest BCUT2D eigenvalue weighted by molar-refractivity contribution is 5.94. The summed E-state index contributed by atoms with van der Waals surface area (Å²) in [6.07, 6.45) is 19.2. The number of halogens is 3. The smallest absolute Gasteiger partial charge is 0.416 e. The van der Waals surface area contributed by atoms with Gasteiger partial charge in [-0.3, -0.25) is 52.9 Å². The first-order chi connectivity index (χ1) is 58.8. The van der Waals surface area contributed by atoms with Crippen molar-refractivity contribution in [3.63, 3.8) is 0 Å². The van der Waals surface area contributed by atoms with Crippen molar-refractivity contribution in [3.8, 4) is 0 Å². The molecule has 6 saturated carbocycles. The van der Waals surface area contributed by atoms with Crippen LogP contribution in [0.15, 0.2) is 49.1 Å². The van der Waals surface area contributed by atoms with Crippen LogP contribution in [-0.4, -0.2) is 271 Å². The summed E-state index contributed by atoms with van der Waals surface area (Å²) in [5.41, 5.74) is 0.294. The van der Waals surface area contributed by atoms with E-state index in [1.54, 1.807) is 30.4 Å². The van der Waals surface area contributed by atoms with E-state index in [1.807, 2.05) is 11.0 Å². The van der Waals surface area contributed by atoms with E-state index in [0.717, 1.165) is 101 Å². The van der Waals surface area contributed by atoms with Gasteiger partial charge in [0.25, 0.3) is 0 Å². The monoisotopic (exact) mass is 1710 g/mol. The molecule has 676 valence electrons. The van der Waals surface area contributed by atoms with Crippen LogP contribution in [0.5, 0.6) is 0 Å². The number of likely N-dealkylation sites (tertiary alicyclic amines) is 2. The molecule has 0 unspecified atom stereocenters. The fourth-order valence-corrected chi connectivity index (χ4v) is 18.9. The van der Waals surface area contributed by atoms with Gasteiger partial charge in [-0.05, 0) is 224 Å². The zero-order valence-corrected chi connectivity index (χ0v) is 71.6. The number of alkyl halides is 3. The van der Waals surface area contributed by atoms with E-state index in [1.165, 1.54) is 17.3 Å². The first-order valence-electron chi connectivity index (χ1n) is 45.0. The van der Waals surface area contributed by atoms with Gasteiger partial charge in [-0.1, -0.05) is 6.07 Å². The van der Waals surface area contributed by atoms with Crippen molar-refractivity contribution in [1.29, 1.82) is 0 Å². The number of carbonyl (C=O) groups is 10. The average Bonchev–Trinajstić information content (AvgIpc) is 1.60. The highest BCUT2D eigenvalue weighted by Gasteiger charge is 2.46. The van der Waals surface area contributed by atoms with Crippen LogP contribution in [0.2, 0.25) is 0 Å². The van der Waals surface area contributed by atoms with E-state index in [9.17, 15) is 66.2 Å². The van der Waals surface area contributed by atoms with Crippen LogP contribution in [0.25, 0.3) is 10.9 Å². The lowest BCUT2D eigenvalue weighted by Crippen LogP contribution is -2.59. The Hall–Kier alpha value is -8.28. The van der Waals surface area contributed by atoms with Gasteiger partial charge in [0.15, 0.2) is 0 Å². The number of carbonyl (C=O) groups excluding carboxylic acids is 9. The van der Waals surface area contributed by atoms with E-state index in [-0.39, 0.29) is 196 Å². The molecule has 2 aliphatic heterocycles. The average molecular weight is 1710 g/mol. The molecule has 4 heterocycles. The summed E-state index contributed by atoms with van der Waals surface area (Å²) in [4.78, 5) is 152. The summed E-state index contributed by atoms with van der Waals surface area (Å²) in [5.74, 6) is -3.62. The highest BCUT2D eigenvalue weighted by Crippen LogP contribution is 2.39. The van der Waals surface area contributed by atoms with E-state index in [4.69, 9.17) is 28.4 Å². The summed E-state index contributed by atoms with van der Waals surface area (Å²) in [6, 6.07) is 5.62. The molecule has 3 aromatic rings. The third-order valence-electron chi connectivity index (χ3n) is 26.2. The van der Waals surface area contributed by atoms with Crippen LogP contribution < -0.4 is 37.2 Å². The fraction of sp³-hybridized carbons (Fsp3) is 0.739. The van der Waals surface area contributed by atoms with Gasteiger partial charge in [-0.2, -0.15) is 13.2 Å². The van der Waals surface area contributed by atoms with Crippen molar-refractivity contribution >= 4 is 75.9 Å². The number of amides is 9. The lowest BCUT2D eigenvalue weighted by molar-refractivity contribution is -0.143. The third kappa shape index (κ3) is 28.6. The topological polar surface area (TPSA) is 382 Å². The number of rotatable bonds is 43. The molecule has 9 amide bonds. The quantitative estimate of drug-likeness (QED) is 0.0249. The number of aliphatic carboxylic acids is 1. The molecule has 0 radical (unpaired) electrons. The summed E-state index contributed by atoms with van der Waals surface area (Å²) in [6.45, 7) is 6.74. The Morgan fingerprint density at radius 1 is 0.582 bits per heavy atom. The minimum Gasteiger partial charge on any atom is -0.481 e. The first kappa shape index (κ1) is 94.4. The van der Waals surface area contributed by atoms with Crippen molar-refractivity contribution in [2.24, 2.45) is 17.8 Å². The minimum absolute atomic E-state index is 0.000932. The molecule has 8 N–H and O–H groups in total. The van der Waals surface area contributed by atoms with Gasteiger partial charge in [0.05, 0.1) is 97.5 Å². The Morgan fingerprint density at radius 3 is 1.59 bits per heavy atom. The summed E-state index contributed by atoms with van der Waals surface area (Å²) in [5, 5.41) is 30.9.